The first-order chi connectivity index (χ1) is 14.8. The summed E-state index contributed by atoms with van der Waals surface area (Å²) in [4.78, 5) is 18.8. The van der Waals surface area contributed by atoms with Crippen molar-refractivity contribution in [2.24, 2.45) is 0 Å². The number of carbonyl (C=O) groups excluding carboxylic acids is 1. The van der Waals surface area contributed by atoms with Crippen LogP contribution in [0, 0.1) is 6.92 Å². The zero-order chi connectivity index (χ0) is 22.2. The summed E-state index contributed by atoms with van der Waals surface area (Å²) in [6, 6.07) is 9.53. The van der Waals surface area contributed by atoms with E-state index in [2.05, 4.69) is 26.8 Å². The highest BCUT2D eigenvalue weighted by Gasteiger charge is 2.21. The summed E-state index contributed by atoms with van der Waals surface area (Å²) in [5.74, 6) is -0.269. The Labute approximate surface area is 187 Å². The summed E-state index contributed by atoms with van der Waals surface area (Å²) >= 11 is 2.39. The Balaban J connectivity index is 1.60. The van der Waals surface area contributed by atoms with E-state index in [1.807, 2.05) is 12.1 Å². The van der Waals surface area contributed by atoms with Crippen LogP contribution >= 0.6 is 22.7 Å². The third-order valence-electron chi connectivity index (χ3n) is 4.54. The molecule has 0 saturated carbocycles. The number of anilines is 2. The number of aromatic nitrogens is 3. The van der Waals surface area contributed by atoms with Crippen LogP contribution in [0.2, 0.25) is 0 Å². The maximum Gasteiger partial charge on any atom is 0.263 e. The molecule has 0 bridgehead atoms. The van der Waals surface area contributed by atoms with Gasteiger partial charge in [-0.25, -0.2) is 13.4 Å². The van der Waals surface area contributed by atoms with Crippen LogP contribution in [0.25, 0.3) is 10.2 Å². The molecule has 0 aliphatic heterocycles. The van der Waals surface area contributed by atoms with Gasteiger partial charge >= 0.3 is 0 Å². The minimum absolute atomic E-state index is 0.0205. The van der Waals surface area contributed by atoms with E-state index in [1.54, 1.807) is 6.92 Å². The van der Waals surface area contributed by atoms with Crippen molar-refractivity contribution in [1.29, 1.82) is 0 Å². The molecule has 0 amide bonds. The second-order valence-electron chi connectivity index (χ2n) is 6.84. The highest BCUT2D eigenvalue weighted by Crippen LogP contribution is 2.34. The molecule has 0 saturated heterocycles. The zero-order valence-electron chi connectivity index (χ0n) is 16.7. The van der Waals surface area contributed by atoms with Crippen molar-refractivity contribution in [2.45, 2.75) is 31.6 Å². The van der Waals surface area contributed by atoms with Crippen molar-refractivity contribution >= 4 is 59.5 Å². The van der Waals surface area contributed by atoms with Crippen LogP contribution in [0.4, 0.5) is 10.8 Å². The molecule has 4 rings (SSSR count). The van der Waals surface area contributed by atoms with Gasteiger partial charge in [-0.15, -0.1) is 21.5 Å². The van der Waals surface area contributed by atoms with Crippen molar-refractivity contribution in [3.05, 3.63) is 57.5 Å². The maximum atomic E-state index is 13.0. The van der Waals surface area contributed by atoms with Crippen molar-refractivity contribution in [3.8, 4) is 0 Å². The molecule has 3 aromatic heterocycles. The fraction of sp³-hybridized carbons (Fsp3) is 0.200. The molecule has 11 heteroatoms. The van der Waals surface area contributed by atoms with E-state index in [0.29, 0.717) is 21.1 Å². The van der Waals surface area contributed by atoms with Gasteiger partial charge in [0.05, 0.1) is 10.6 Å². The molecule has 0 unspecified atom stereocenters. The number of nitrogens with one attached hydrogen (secondary N) is 1. The number of sulfonamides is 1. The number of aryl methyl sites for hydroxylation is 2. The average molecular weight is 474 g/mol. The lowest BCUT2D eigenvalue weighted by atomic mass is 10.1. The van der Waals surface area contributed by atoms with E-state index < -0.39 is 10.0 Å². The van der Waals surface area contributed by atoms with Crippen molar-refractivity contribution in [2.75, 3.05) is 10.5 Å². The molecule has 0 aliphatic carbocycles. The number of pyridine rings is 1. The monoisotopic (exact) mass is 473 g/mol. The highest BCUT2D eigenvalue weighted by molar-refractivity contribution is 7.93. The van der Waals surface area contributed by atoms with Gasteiger partial charge in [-0.3, -0.25) is 9.52 Å². The van der Waals surface area contributed by atoms with Gasteiger partial charge in [-0.05, 0) is 49.7 Å². The van der Waals surface area contributed by atoms with Gasteiger partial charge in [0.2, 0.25) is 10.9 Å². The Morgan fingerprint density at radius 1 is 1.10 bits per heavy atom. The van der Waals surface area contributed by atoms with Gasteiger partial charge in [-0.1, -0.05) is 24.7 Å². The number of hydrogen-bond acceptors (Lipinski definition) is 9. The summed E-state index contributed by atoms with van der Waals surface area (Å²) in [5.41, 5.74) is 7.92. The van der Waals surface area contributed by atoms with E-state index in [4.69, 9.17) is 5.73 Å². The Morgan fingerprint density at radius 3 is 2.48 bits per heavy atom. The highest BCUT2D eigenvalue weighted by atomic mass is 32.2. The number of nitrogen functional groups attached to an aromatic ring is 1. The van der Waals surface area contributed by atoms with E-state index in [-0.39, 0.29) is 15.8 Å². The lowest BCUT2D eigenvalue weighted by Crippen LogP contribution is -2.13. The predicted molar refractivity (Wildman–Crippen MR) is 123 cm³/mol. The number of nitrogens with two attached hydrogens (primary N) is 1. The lowest BCUT2D eigenvalue weighted by Gasteiger charge is -2.06. The minimum atomic E-state index is -3.83. The summed E-state index contributed by atoms with van der Waals surface area (Å²) in [6.07, 6.45) is 1.84. The molecule has 3 heterocycles. The van der Waals surface area contributed by atoms with Gasteiger partial charge in [0.15, 0.2) is 0 Å². The van der Waals surface area contributed by atoms with Crippen LogP contribution in [-0.4, -0.2) is 29.4 Å². The van der Waals surface area contributed by atoms with Gasteiger partial charge in [0.25, 0.3) is 10.0 Å². The number of thiophene rings is 1. The largest absolute Gasteiger partial charge is 0.397 e. The molecule has 4 aromatic rings. The smallest absolute Gasteiger partial charge is 0.263 e. The normalized spacial score (nSPS) is 11.7. The topological polar surface area (TPSA) is 128 Å². The molecule has 0 radical (unpaired) electrons. The summed E-state index contributed by atoms with van der Waals surface area (Å²) < 4.78 is 27.5. The second-order valence-corrected chi connectivity index (χ2v) is 10.7. The number of hydrogen-bond donors (Lipinski definition) is 2. The second kappa shape index (κ2) is 8.33. The van der Waals surface area contributed by atoms with Crippen molar-refractivity contribution in [3.63, 3.8) is 0 Å². The number of carbonyl (C=O) groups is 1. The fourth-order valence-corrected chi connectivity index (χ4v) is 5.92. The van der Waals surface area contributed by atoms with Crippen molar-refractivity contribution < 1.29 is 13.2 Å². The number of ketones is 1. The third-order valence-corrected chi connectivity index (χ3v) is 7.89. The Morgan fingerprint density at radius 2 is 1.84 bits per heavy atom. The van der Waals surface area contributed by atoms with Gasteiger partial charge < -0.3 is 5.73 Å². The lowest BCUT2D eigenvalue weighted by molar-refractivity contribution is 0.104. The van der Waals surface area contributed by atoms with E-state index in [9.17, 15) is 13.2 Å². The van der Waals surface area contributed by atoms with Gasteiger partial charge in [0, 0.05) is 16.6 Å². The van der Waals surface area contributed by atoms with E-state index in [1.165, 1.54) is 35.6 Å². The number of nitrogens with zero attached hydrogens (tertiary/aromatic N) is 3. The first-order valence-corrected chi connectivity index (χ1v) is 12.6. The third kappa shape index (κ3) is 4.29. The standard InChI is InChI=1S/C20H19N5O3S3/c1-3-4-13-7-10-15-16(21)18(30-19(15)22-13)17(26)12-5-8-14(9-6-12)31(27,28)25-20-24-23-11(2)29-20/h5-10H,3-4,21H2,1-2H3,(H,24,25). The van der Waals surface area contributed by atoms with E-state index >= 15 is 0 Å². The molecule has 0 atom stereocenters. The molecule has 0 aliphatic rings. The maximum absolute atomic E-state index is 13.0. The first-order valence-electron chi connectivity index (χ1n) is 9.44. The Hall–Kier alpha value is -2.89. The molecular formula is C20H19N5O3S3. The molecule has 8 nitrogen and oxygen atoms in total. The SMILES string of the molecule is CCCc1ccc2c(N)c(C(=O)c3ccc(S(=O)(=O)Nc4nnc(C)s4)cc3)sc2n1. The Bertz CT molecular complexity index is 1380. The van der Waals surface area contributed by atoms with Crippen LogP contribution in [0.3, 0.4) is 0 Å². The van der Waals surface area contributed by atoms with Crippen LogP contribution in [0.1, 0.15) is 39.3 Å². The van der Waals surface area contributed by atoms with Crippen LogP contribution in [0.15, 0.2) is 41.3 Å². The molecule has 160 valence electrons. The molecule has 0 fully saturated rings. The summed E-state index contributed by atoms with van der Waals surface area (Å²) in [7, 11) is -3.83. The molecular weight excluding hydrogens is 454 g/mol. The number of rotatable bonds is 7. The predicted octanol–water partition coefficient (Wildman–Crippen LogP) is 4.02. The summed E-state index contributed by atoms with van der Waals surface area (Å²) in [6.45, 7) is 3.81. The molecule has 3 N–H and O–H groups in total. The van der Waals surface area contributed by atoms with Gasteiger partial charge in [-0.2, -0.15) is 0 Å². The molecule has 1 aromatic carbocycles. The minimum Gasteiger partial charge on any atom is -0.397 e. The zero-order valence-corrected chi connectivity index (χ0v) is 19.2. The summed E-state index contributed by atoms with van der Waals surface area (Å²) in [5, 5.41) is 9.14. The van der Waals surface area contributed by atoms with Crippen LogP contribution in [0.5, 0.6) is 0 Å². The van der Waals surface area contributed by atoms with Gasteiger partial charge in [0.1, 0.15) is 14.7 Å². The Kier molecular flexibility index (Phi) is 5.73. The van der Waals surface area contributed by atoms with Crippen LogP contribution in [-0.2, 0) is 16.4 Å². The molecule has 31 heavy (non-hydrogen) atoms. The van der Waals surface area contributed by atoms with Crippen LogP contribution < -0.4 is 10.5 Å². The molecule has 0 spiro atoms. The quantitative estimate of drug-likeness (QED) is 0.388. The fourth-order valence-electron chi connectivity index (χ4n) is 3.03. The van der Waals surface area contributed by atoms with Crippen molar-refractivity contribution in [1.82, 2.24) is 15.2 Å². The first kappa shape index (κ1) is 21.3. The number of fused-ring (bicyclic) bond motifs is 1. The number of benzene rings is 1. The average Bonchev–Trinajstić information content (AvgIpc) is 3.30. The van der Waals surface area contributed by atoms with E-state index in [0.717, 1.165) is 40.1 Å².